The summed E-state index contributed by atoms with van der Waals surface area (Å²) in [6.07, 6.45) is 1.71. The molecule has 1 aromatic heterocycles. The minimum Gasteiger partial charge on any atom is -0.495 e. The van der Waals surface area contributed by atoms with Crippen LogP contribution in [0.25, 0.3) is 10.9 Å². The van der Waals surface area contributed by atoms with Crippen LogP contribution in [0.1, 0.15) is 47.1 Å². The summed E-state index contributed by atoms with van der Waals surface area (Å²) in [5.41, 5.74) is 7.26. The molecule has 2 aromatic rings. The van der Waals surface area contributed by atoms with Crippen LogP contribution in [0.4, 0.5) is 0 Å². The van der Waals surface area contributed by atoms with Crippen LogP contribution in [-0.4, -0.2) is 20.2 Å². The molecule has 1 aromatic carbocycles. The van der Waals surface area contributed by atoms with Crippen molar-refractivity contribution in [2.45, 2.75) is 58.2 Å². The maximum absolute atomic E-state index is 6.35. The maximum Gasteiger partial charge on any atom is 0.146 e. The highest BCUT2D eigenvalue weighted by Gasteiger charge is 2.41. The normalized spacial score (nSPS) is 12.0. The van der Waals surface area contributed by atoms with E-state index in [1.807, 2.05) is 18.2 Å². The second-order valence-corrected chi connectivity index (χ2v) is 13.5. The molecule has 2 rings (SSSR count). The third kappa shape index (κ3) is 3.71. The van der Waals surface area contributed by atoms with Gasteiger partial charge >= 0.3 is 0 Å². The van der Waals surface area contributed by atoms with Crippen LogP contribution in [0.15, 0.2) is 24.4 Å². The Balaban J connectivity index is 2.67. The summed E-state index contributed by atoms with van der Waals surface area (Å²) in [5, 5.41) is 1.61. The monoisotopic (exact) mass is 373 g/mol. The number of rotatable bonds is 4. The standard InChI is InChI=1S/C21H28ClNOSi/c1-14(2)25(15(3)4,16(5)6)11-9-17-12-18-19(22)8-10-23-20(18)13-21(17)24-7/h8,10,12-16H,1-7H3. The molecular formula is C21H28ClNOSi. The van der Waals surface area contributed by atoms with Gasteiger partial charge in [0.25, 0.3) is 0 Å². The predicted molar refractivity (Wildman–Crippen MR) is 111 cm³/mol. The summed E-state index contributed by atoms with van der Waals surface area (Å²) in [6, 6.07) is 5.74. The second-order valence-electron chi connectivity index (χ2n) is 7.51. The third-order valence-electron chi connectivity index (χ3n) is 5.29. The van der Waals surface area contributed by atoms with Gasteiger partial charge in [-0.3, -0.25) is 4.98 Å². The molecule has 0 unspecified atom stereocenters. The molecule has 0 spiro atoms. The first-order valence-corrected chi connectivity index (χ1v) is 11.5. The lowest BCUT2D eigenvalue weighted by molar-refractivity contribution is 0.414. The van der Waals surface area contributed by atoms with Crippen molar-refractivity contribution in [2.75, 3.05) is 7.11 Å². The van der Waals surface area contributed by atoms with Crippen molar-refractivity contribution in [3.05, 3.63) is 35.0 Å². The molecule has 0 aliphatic carbocycles. The van der Waals surface area contributed by atoms with Gasteiger partial charge in [0.05, 0.1) is 23.2 Å². The number of methoxy groups -OCH3 is 1. The molecule has 0 fully saturated rings. The van der Waals surface area contributed by atoms with E-state index in [9.17, 15) is 0 Å². The summed E-state index contributed by atoms with van der Waals surface area (Å²) in [6.45, 7) is 13.9. The van der Waals surface area contributed by atoms with Crippen LogP contribution in [0.5, 0.6) is 5.75 Å². The Labute approximate surface area is 158 Å². The van der Waals surface area contributed by atoms with Crippen molar-refractivity contribution in [1.82, 2.24) is 4.98 Å². The molecule has 0 saturated heterocycles. The lowest BCUT2D eigenvalue weighted by atomic mass is 10.1. The Morgan fingerprint density at radius 2 is 1.64 bits per heavy atom. The number of halogens is 1. The number of hydrogen-bond acceptors (Lipinski definition) is 2. The molecule has 0 amide bonds. The smallest absolute Gasteiger partial charge is 0.146 e. The zero-order valence-electron chi connectivity index (χ0n) is 16.3. The first kappa shape index (κ1) is 19.8. The van der Waals surface area contributed by atoms with Crippen molar-refractivity contribution < 1.29 is 4.74 Å². The Hall–Kier alpha value is -1.50. The largest absolute Gasteiger partial charge is 0.495 e. The molecule has 134 valence electrons. The van der Waals surface area contributed by atoms with Crippen LogP contribution in [0.2, 0.25) is 21.6 Å². The third-order valence-corrected chi connectivity index (χ3v) is 11.9. The maximum atomic E-state index is 6.35. The number of nitrogens with zero attached hydrogens (tertiary/aromatic N) is 1. The molecule has 4 heteroatoms. The van der Waals surface area contributed by atoms with E-state index in [0.717, 1.165) is 22.2 Å². The van der Waals surface area contributed by atoms with Crippen molar-refractivity contribution in [3.63, 3.8) is 0 Å². The van der Waals surface area contributed by atoms with Gasteiger partial charge in [-0.05, 0) is 28.8 Å². The highest BCUT2D eigenvalue weighted by molar-refractivity contribution is 6.90. The lowest BCUT2D eigenvalue weighted by Gasteiger charge is -2.38. The fourth-order valence-electron chi connectivity index (χ4n) is 4.02. The average Bonchev–Trinajstić information content (AvgIpc) is 2.54. The first-order chi connectivity index (χ1) is 11.7. The molecule has 0 atom stereocenters. The van der Waals surface area contributed by atoms with Crippen LogP contribution in [0, 0.1) is 11.5 Å². The van der Waals surface area contributed by atoms with Gasteiger partial charge in [-0.15, -0.1) is 5.54 Å². The molecule has 0 bridgehead atoms. The van der Waals surface area contributed by atoms with Crippen LogP contribution >= 0.6 is 11.6 Å². The summed E-state index contributed by atoms with van der Waals surface area (Å²) in [5.74, 6) is 4.23. The summed E-state index contributed by atoms with van der Waals surface area (Å²) in [7, 11) is -0.117. The quantitative estimate of drug-likeness (QED) is 0.452. The van der Waals surface area contributed by atoms with E-state index in [1.165, 1.54) is 0 Å². The SMILES string of the molecule is COc1cc2nccc(Cl)c2cc1C#C[Si](C(C)C)(C(C)C)C(C)C. The van der Waals surface area contributed by atoms with E-state index in [4.69, 9.17) is 16.3 Å². The zero-order valence-corrected chi connectivity index (χ0v) is 18.0. The van der Waals surface area contributed by atoms with Gasteiger partial charge in [0.1, 0.15) is 13.8 Å². The highest BCUT2D eigenvalue weighted by Crippen LogP contribution is 2.41. The van der Waals surface area contributed by atoms with Gasteiger partial charge < -0.3 is 4.74 Å². The molecule has 0 saturated carbocycles. The summed E-state index contributed by atoms with van der Waals surface area (Å²) >= 11 is 6.35. The van der Waals surface area contributed by atoms with Crippen molar-refractivity contribution in [3.8, 4) is 17.2 Å². The fraction of sp³-hybridized carbons (Fsp3) is 0.476. The number of ether oxygens (including phenoxy) is 1. The first-order valence-electron chi connectivity index (χ1n) is 8.89. The minimum atomic E-state index is -1.79. The fourth-order valence-corrected chi connectivity index (χ4v) is 9.44. The number of fused-ring (bicyclic) bond motifs is 1. The van der Waals surface area contributed by atoms with Gasteiger partial charge in [-0.25, -0.2) is 0 Å². The van der Waals surface area contributed by atoms with Crippen LogP contribution in [0.3, 0.4) is 0 Å². The van der Waals surface area contributed by atoms with E-state index in [0.29, 0.717) is 21.6 Å². The van der Waals surface area contributed by atoms with E-state index >= 15 is 0 Å². The molecule has 1 heterocycles. The molecule has 25 heavy (non-hydrogen) atoms. The van der Waals surface area contributed by atoms with Gasteiger partial charge in [0.15, 0.2) is 0 Å². The Bertz CT molecular complexity index is 796. The molecular weight excluding hydrogens is 346 g/mol. The molecule has 0 aliphatic heterocycles. The highest BCUT2D eigenvalue weighted by atomic mass is 35.5. The number of pyridine rings is 1. The molecule has 0 aliphatic rings. The van der Waals surface area contributed by atoms with Gasteiger partial charge in [-0.2, -0.15) is 0 Å². The van der Waals surface area contributed by atoms with Gasteiger partial charge in [0.2, 0.25) is 0 Å². The van der Waals surface area contributed by atoms with E-state index in [-0.39, 0.29) is 0 Å². The number of hydrogen-bond donors (Lipinski definition) is 0. The van der Waals surface area contributed by atoms with Gasteiger partial charge in [0, 0.05) is 17.6 Å². The minimum absolute atomic E-state index is 0.594. The zero-order chi connectivity index (χ0) is 18.8. The number of aromatic nitrogens is 1. The van der Waals surface area contributed by atoms with Crippen molar-refractivity contribution in [1.29, 1.82) is 0 Å². The topological polar surface area (TPSA) is 22.1 Å². The van der Waals surface area contributed by atoms with E-state index in [2.05, 4.69) is 58.0 Å². The molecule has 0 radical (unpaired) electrons. The summed E-state index contributed by atoms with van der Waals surface area (Å²) in [4.78, 5) is 4.38. The Kier molecular flexibility index (Phi) is 6.19. The summed E-state index contributed by atoms with van der Waals surface area (Å²) < 4.78 is 5.57. The Morgan fingerprint density at radius 1 is 1.04 bits per heavy atom. The lowest BCUT2D eigenvalue weighted by Crippen LogP contribution is -2.43. The van der Waals surface area contributed by atoms with Gasteiger partial charge in [-0.1, -0.05) is 59.1 Å². The second kappa shape index (κ2) is 7.80. The van der Waals surface area contributed by atoms with Crippen LogP contribution < -0.4 is 4.74 Å². The number of benzene rings is 1. The van der Waals surface area contributed by atoms with Crippen molar-refractivity contribution in [2.24, 2.45) is 0 Å². The Morgan fingerprint density at radius 3 is 2.16 bits per heavy atom. The van der Waals surface area contributed by atoms with E-state index in [1.54, 1.807) is 13.3 Å². The van der Waals surface area contributed by atoms with Crippen molar-refractivity contribution >= 4 is 30.6 Å². The van der Waals surface area contributed by atoms with Crippen LogP contribution in [-0.2, 0) is 0 Å². The average molecular weight is 374 g/mol. The van der Waals surface area contributed by atoms with E-state index < -0.39 is 8.07 Å². The molecule has 2 nitrogen and oxygen atoms in total. The predicted octanol–water partition coefficient (Wildman–Crippen LogP) is 6.47. The molecule has 0 N–H and O–H groups in total.